The van der Waals surface area contributed by atoms with E-state index in [0.717, 1.165) is 45.4 Å². The minimum absolute atomic E-state index is 0.139. The van der Waals surface area contributed by atoms with E-state index < -0.39 is 0 Å². The second kappa shape index (κ2) is 5.46. The monoisotopic (exact) mass is 223 g/mol. The van der Waals surface area contributed by atoms with E-state index in [1.54, 1.807) is 0 Å². The van der Waals surface area contributed by atoms with E-state index in [1.807, 2.05) is 10.9 Å². The number of nitrogens with zero attached hydrogens (tertiary/aromatic N) is 3. The van der Waals surface area contributed by atoms with Crippen molar-refractivity contribution in [3.8, 4) is 0 Å². The Kier molecular flexibility index (Phi) is 3.96. The summed E-state index contributed by atoms with van der Waals surface area (Å²) in [6.45, 7) is 5.96. The third-order valence-electron chi connectivity index (χ3n) is 3.03. The van der Waals surface area contributed by atoms with Gasteiger partial charge in [-0.3, -0.25) is 9.58 Å². The normalized spacial score (nSPS) is 22.5. The molecule has 2 heterocycles. The molecule has 1 aromatic rings. The van der Waals surface area contributed by atoms with Gasteiger partial charge < -0.3 is 5.11 Å². The van der Waals surface area contributed by atoms with Crippen LogP contribution in [0.3, 0.4) is 0 Å². The van der Waals surface area contributed by atoms with Crippen LogP contribution in [-0.2, 0) is 13.1 Å². The first kappa shape index (κ1) is 11.6. The Labute approximate surface area is 96.9 Å². The molecular weight excluding hydrogens is 202 g/mol. The molecule has 0 spiro atoms. The zero-order valence-corrected chi connectivity index (χ0v) is 9.97. The number of piperidine rings is 1. The average molecular weight is 223 g/mol. The highest BCUT2D eigenvalue weighted by Gasteiger charge is 2.17. The van der Waals surface area contributed by atoms with Crippen molar-refractivity contribution in [2.45, 2.75) is 45.4 Å². The van der Waals surface area contributed by atoms with Crippen LogP contribution in [0.2, 0.25) is 0 Å². The van der Waals surface area contributed by atoms with Gasteiger partial charge in [-0.1, -0.05) is 6.92 Å². The smallest absolute Gasteiger partial charge is 0.0667 e. The Hall–Kier alpha value is -0.870. The molecule has 0 amide bonds. The zero-order valence-electron chi connectivity index (χ0n) is 9.97. The maximum Gasteiger partial charge on any atom is 0.0667 e. The number of hydrogen-bond donors (Lipinski definition) is 1. The number of rotatable bonds is 4. The highest BCUT2D eigenvalue weighted by atomic mass is 16.3. The molecule has 4 heteroatoms. The molecule has 1 fully saturated rings. The van der Waals surface area contributed by atoms with Crippen molar-refractivity contribution in [2.24, 2.45) is 0 Å². The van der Waals surface area contributed by atoms with Crippen molar-refractivity contribution in [1.29, 1.82) is 0 Å². The number of aliphatic hydroxyl groups is 1. The van der Waals surface area contributed by atoms with Crippen molar-refractivity contribution >= 4 is 0 Å². The van der Waals surface area contributed by atoms with Gasteiger partial charge >= 0.3 is 0 Å². The number of aromatic nitrogens is 2. The Balaban J connectivity index is 1.87. The minimum Gasteiger partial charge on any atom is -0.392 e. The fourth-order valence-electron chi connectivity index (χ4n) is 2.27. The molecule has 1 aliphatic rings. The number of aliphatic hydroxyl groups excluding tert-OH is 1. The van der Waals surface area contributed by atoms with Crippen molar-refractivity contribution in [3.05, 3.63) is 18.0 Å². The summed E-state index contributed by atoms with van der Waals surface area (Å²) in [5.41, 5.74) is 1.25. The molecule has 1 N–H and O–H groups in total. The quantitative estimate of drug-likeness (QED) is 0.835. The molecule has 1 atom stereocenters. The van der Waals surface area contributed by atoms with Crippen molar-refractivity contribution in [1.82, 2.24) is 14.7 Å². The fourth-order valence-corrected chi connectivity index (χ4v) is 2.27. The van der Waals surface area contributed by atoms with Gasteiger partial charge in [0.2, 0.25) is 0 Å². The van der Waals surface area contributed by atoms with Gasteiger partial charge in [-0.25, -0.2) is 0 Å². The van der Waals surface area contributed by atoms with Gasteiger partial charge in [-0.15, -0.1) is 0 Å². The maximum absolute atomic E-state index is 9.58. The van der Waals surface area contributed by atoms with Crippen LogP contribution in [-0.4, -0.2) is 39.0 Å². The fraction of sp³-hybridized carbons (Fsp3) is 0.750. The van der Waals surface area contributed by atoms with Gasteiger partial charge in [-0.2, -0.15) is 5.10 Å². The Bertz CT molecular complexity index is 324. The second-order valence-electron chi connectivity index (χ2n) is 4.64. The highest BCUT2D eigenvalue weighted by molar-refractivity contribution is 5.03. The lowest BCUT2D eigenvalue weighted by Crippen LogP contribution is -2.37. The lowest BCUT2D eigenvalue weighted by molar-refractivity contribution is 0.0668. The third-order valence-corrected chi connectivity index (χ3v) is 3.03. The Morgan fingerprint density at radius 1 is 1.56 bits per heavy atom. The van der Waals surface area contributed by atoms with E-state index in [0.29, 0.717) is 0 Å². The number of β-amino-alcohol motifs (C(OH)–C–C–N with tert-alkyl or cyclic N) is 1. The summed E-state index contributed by atoms with van der Waals surface area (Å²) in [5.74, 6) is 0. The van der Waals surface area contributed by atoms with E-state index in [2.05, 4.69) is 23.1 Å². The number of likely N-dealkylation sites (tertiary alicyclic amines) is 1. The third kappa shape index (κ3) is 3.06. The first-order valence-electron chi connectivity index (χ1n) is 6.19. The first-order valence-corrected chi connectivity index (χ1v) is 6.19. The molecule has 90 valence electrons. The lowest BCUT2D eigenvalue weighted by atomic mass is 10.1. The summed E-state index contributed by atoms with van der Waals surface area (Å²) >= 11 is 0. The Morgan fingerprint density at radius 3 is 3.19 bits per heavy atom. The van der Waals surface area contributed by atoms with Crippen LogP contribution in [0.25, 0.3) is 0 Å². The number of hydrogen-bond acceptors (Lipinski definition) is 3. The molecule has 1 aliphatic heterocycles. The van der Waals surface area contributed by atoms with Gasteiger partial charge in [0.1, 0.15) is 0 Å². The van der Waals surface area contributed by atoms with E-state index in [9.17, 15) is 5.11 Å². The topological polar surface area (TPSA) is 41.3 Å². The summed E-state index contributed by atoms with van der Waals surface area (Å²) in [7, 11) is 0. The molecule has 2 rings (SSSR count). The van der Waals surface area contributed by atoms with E-state index in [4.69, 9.17) is 0 Å². The van der Waals surface area contributed by atoms with Crippen molar-refractivity contribution in [3.63, 3.8) is 0 Å². The average Bonchev–Trinajstić information content (AvgIpc) is 2.66. The molecule has 0 radical (unpaired) electrons. The molecule has 4 nitrogen and oxygen atoms in total. The minimum atomic E-state index is -0.139. The lowest BCUT2D eigenvalue weighted by Gasteiger charge is -2.29. The van der Waals surface area contributed by atoms with E-state index in [-0.39, 0.29) is 6.10 Å². The second-order valence-corrected chi connectivity index (χ2v) is 4.64. The van der Waals surface area contributed by atoms with Crippen LogP contribution in [0.1, 0.15) is 31.7 Å². The SMILES string of the molecule is CCCn1cc(CN2CCCC(O)C2)cn1. The van der Waals surface area contributed by atoms with E-state index in [1.165, 1.54) is 5.56 Å². The zero-order chi connectivity index (χ0) is 11.4. The summed E-state index contributed by atoms with van der Waals surface area (Å²) in [6, 6.07) is 0. The molecule has 0 bridgehead atoms. The van der Waals surface area contributed by atoms with E-state index >= 15 is 0 Å². The maximum atomic E-state index is 9.58. The van der Waals surface area contributed by atoms with Gasteiger partial charge in [0.15, 0.2) is 0 Å². The molecule has 1 unspecified atom stereocenters. The summed E-state index contributed by atoms with van der Waals surface area (Å²) in [5, 5.41) is 13.9. The first-order chi connectivity index (χ1) is 7.78. The van der Waals surface area contributed by atoms with Gasteiger partial charge in [0, 0.05) is 31.4 Å². The highest BCUT2D eigenvalue weighted by Crippen LogP contribution is 2.13. The van der Waals surface area contributed by atoms with Crippen LogP contribution in [0.4, 0.5) is 0 Å². The van der Waals surface area contributed by atoms with Gasteiger partial charge in [0.05, 0.1) is 12.3 Å². The van der Waals surface area contributed by atoms with Crippen LogP contribution in [0, 0.1) is 0 Å². The predicted molar refractivity (Wildman–Crippen MR) is 63.0 cm³/mol. The van der Waals surface area contributed by atoms with Crippen molar-refractivity contribution < 1.29 is 5.11 Å². The van der Waals surface area contributed by atoms with Crippen LogP contribution in [0.15, 0.2) is 12.4 Å². The number of aryl methyl sites for hydroxylation is 1. The summed E-state index contributed by atoms with van der Waals surface area (Å²) in [4.78, 5) is 2.31. The molecule has 0 saturated carbocycles. The molecule has 1 aromatic heterocycles. The van der Waals surface area contributed by atoms with Gasteiger partial charge in [0.25, 0.3) is 0 Å². The largest absolute Gasteiger partial charge is 0.392 e. The van der Waals surface area contributed by atoms with Crippen LogP contribution in [0.5, 0.6) is 0 Å². The predicted octanol–water partition coefficient (Wildman–Crippen LogP) is 1.25. The standard InChI is InChI=1S/C12H21N3O/c1-2-5-15-9-11(7-13-15)8-14-6-3-4-12(16)10-14/h7,9,12,16H,2-6,8,10H2,1H3. The van der Waals surface area contributed by atoms with Crippen LogP contribution < -0.4 is 0 Å². The van der Waals surface area contributed by atoms with Crippen molar-refractivity contribution in [2.75, 3.05) is 13.1 Å². The van der Waals surface area contributed by atoms with Gasteiger partial charge in [-0.05, 0) is 25.8 Å². The summed E-state index contributed by atoms with van der Waals surface area (Å²) < 4.78 is 2.00. The molecule has 1 saturated heterocycles. The molecular formula is C12H21N3O. The summed E-state index contributed by atoms with van der Waals surface area (Å²) in [6.07, 6.45) is 7.08. The van der Waals surface area contributed by atoms with Crippen LogP contribution >= 0.6 is 0 Å². The Morgan fingerprint density at radius 2 is 2.44 bits per heavy atom. The molecule has 16 heavy (non-hydrogen) atoms. The molecule has 0 aliphatic carbocycles. The molecule has 0 aromatic carbocycles.